The van der Waals surface area contributed by atoms with Crippen LogP contribution >= 0.6 is 11.8 Å². The van der Waals surface area contributed by atoms with Gasteiger partial charge in [-0.05, 0) is 44.7 Å². The highest BCUT2D eigenvalue weighted by Gasteiger charge is 2.17. The van der Waals surface area contributed by atoms with Crippen LogP contribution in [0.1, 0.15) is 30.0 Å². The molecule has 1 aromatic heterocycles. The fourth-order valence-corrected chi connectivity index (χ4v) is 2.85. The van der Waals surface area contributed by atoms with Crippen LogP contribution in [0.5, 0.6) is 5.75 Å². The average Bonchev–Trinajstić information content (AvgIpc) is 2.67. The summed E-state index contributed by atoms with van der Waals surface area (Å²) >= 11 is 1.39. The van der Waals surface area contributed by atoms with E-state index < -0.39 is 6.10 Å². The first-order valence-electron chi connectivity index (χ1n) is 5.99. The summed E-state index contributed by atoms with van der Waals surface area (Å²) in [5.41, 5.74) is 1.63. The van der Waals surface area contributed by atoms with E-state index in [1.54, 1.807) is 14.0 Å². The Morgan fingerprint density at radius 2 is 2.11 bits per heavy atom. The highest BCUT2D eigenvalue weighted by atomic mass is 32.2. The summed E-state index contributed by atoms with van der Waals surface area (Å²) in [6, 6.07) is 5.64. The quantitative estimate of drug-likeness (QED) is 0.928. The summed E-state index contributed by atoms with van der Waals surface area (Å²) in [6.07, 6.45) is -0.615. The van der Waals surface area contributed by atoms with E-state index in [-0.39, 0.29) is 0 Å². The first-order valence-corrected chi connectivity index (χ1v) is 6.81. The van der Waals surface area contributed by atoms with E-state index in [1.165, 1.54) is 11.8 Å². The molecule has 19 heavy (non-hydrogen) atoms. The summed E-state index contributed by atoms with van der Waals surface area (Å²) in [7, 11) is 1.59. The van der Waals surface area contributed by atoms with Gasteiger partial charge in [0, 0.05) is 10.5 Å². The molecule has 102 valence electrons. The molecule has 0 saturated carbocycles. The lowest BCUT2D eigenvalue weighted by Gasteiger charge is -2.14. The van der Waals surface area contributed by atoms with Gasteiger partial charge in [-0.15, -0.1) is 0 Å². The van der Waals surface area contributed by atoms with Crippen molar-refractivity contribution < 1.29 is 14.3 Å². The lowest BCUT2D eigenvalue weighted by molar-refractivity contribution is 0.191. The highest BCUT2D eigenvalue weighted by Crippen LogP contribution is 2.38. The molecule has 0 radical (unpaired) electrons. The van der Waals surface area contributed by atoms with Gasteiger partial charge in [0.05, 0.1) is 18.9 Å². The number of ether oxygens (including phenoxy) is 1. The number of oxazole rings is 1. The van der Waals surface area contributed by atoms with E-state index in [9.17, 15) is 5.11 Å². The van der Waals surface area contributed by atoms with E-state index in [0.717, 1.165) is 21.9 Å². The van der Waals surface area contributed by atoms with Crippen LogP contribution in [0.15, 0.2) is 32.7 Å². The van der Waals surface area contributed by atoms with Gasteiger partial charge in [0.25, 0.3) is 5.22 Å². The van der Waals surface area contributed by atoms with Gasteiger partial charge in [0.1, 0.15) is 11.5 Å². The van der Waals surface area contributed by atoms with Gasteiger partial charge in [0.2, 0.25) is 0 Å². The summed E-state index contributed by atoms with van der Waals surface area (Å²) in [6.45, 7) is 5.51. The van der Waals surface area contributed by atoms with Gasteiger partial charge in [-0.25, -0.2) is 4.98 Å². The second kappa shape index (κ2) is 5.67. The number of nitrogens with zero attached hydrogens (tertiary/aromatic N) is 1. The fraction of sp³-hybridized carbons (Fsp3) is 0.357. The lowest BCUT2D eigenvalue weighted by atomic mass is 10.1. The number of aryl methyl sites for hydroxylation is 2. The molecule has 0 aliphatic rings. The Labute approximate surface area is 116 Å². The maximum absolute atomic E-state index is 9.91. The number of rotatable bonds is 4. The first-order chi connectivity index (χ1) is 9.02. The maximum atomic E-state index is 9.91. The molecule has 5 heteroatoms. The van der Waals surface area contributed by atoms with E-state index >= 15 is 0 Å². The number of hydrogen-bond acceptors (Lipinski definition) is 5. The van der Waals surface area contributed by atoms with Crippen LogP contribution < -0.4 is 4.74 Å². The van der Waals surface area contributed by atoms with Gasteiger partial charge in [-0.1, -0.05) is 6.07 Å². The molecule has 0 aliphatic heterocycles. The normalized spacial score (nSPS) is 12.5. The molecule has 1 N–H and O–H groups in total. The second-order valence-corrected chi connectivity index (χ2v) is 5.26. The van der Waals surface area contributed by atoms with Crippen molar-refractivity contribution in [1.82, 2.24) is 4.98 Å². The van der Waals surface area contributed by atoms with Crippen LogP contribution in [0.4, 0.5) is 0 Å². The predicted octanol–water partition coefficient (Wildman–Crippen LogP) is 3.50. The van der Waals surface area contributed by atoms with Crippen molar-refractivity contribution in [3.63, 3.8) is 0 Å². The molecule has 1 atom stereocenters. The molecular formula is C14H17NO3S. The summed E-state index contributed by atoms with van der Waals surface area (Å²) < 4.78 is 10.8. The first kappa shape index (κ1) is 14.0. The van der Waals surface area contributed by atoms with Crippen LogP contribution in [0.3, 0.4) is 0 Å². The zero-order chi connectivity index (χ0) is 14.0. The number of aliphatic hydroxyl groups excluding tert-OH is 1. The Morgan fingerprint density at radius 1 is 1.37 bits per heavy atom. The third-order valence-corrected chi connectivity index (χ3v) is 3.80. The largest absolute Gasteiger partial charge is 0.496 e. The summed E-state index contributed by atoms with van der Waals surface area (Å²) in [5.74, 6) is 1.48. The molecular weight excluding hydrogens is 262 g/mol. The van der Waals surface area contributed by atoms with Crippen molar-refractivity contribution in [2.45, 2.75) is 37.0 Å². The van der Waals surface area contributed by atoms with Crippen LogP contribution in [0.25, 0.3) is 0 Å². The van der Waals surface area contributed by atoms with E-state index in [1.807, 2.05) is 32.0 Å². The maximum Gasteiger partial charge on any atom is 0.261 e. The molecule has 4 nitrogen and oxygen atoms in total. The van der Waals surface area contributed by atoms with Crippen molar-refractivity contribution in [2.24, 2.45) is 0 Å². The minimum Gasteiger partial charge on any atom is -0.496 e. The van der Waals surface area contributed by atoms with Gasteiger partial charge >= 0.3 is 0 Å². The Kier molecular flexibility index (Phi) is 4.17. The van der Waals surface area contributed by atoms with E-state index in [2.05, 4.69) is 4.98 Å². The molecule has 0 saturated heterocycles. The van der Waals surface area contributed by atoms with Crippen molar-refractivity contribution in [3.05, 3.63) is 35.2 Å². The Morgan fingerprint density at radius 3 is 2.63 bits per heavy atom. The monoisotopic (exact) mass is 279 g/mol. The molecule has 0 amide bonds. The Bertz CT molecular complexity index is 559. The predicted molar refractivity (Wildman–Crippen MR) is 73.7 cm³/mol. The van der Waals surface area contributed by atoms with Crippen molar-refractivity contribution in [2.75, 3.05) is 7.11 Å². The van der Waals surface area contributed by atoms with Gasteiger partial charge in [-0.2, -0.15) is 0 Å². The third-order valence-electron chi connectivity index (χ3n) is 2.87. The molecule has 0 aliphatic carbocycles. The van der Waals surface area contributed by atoms with E-state index in [4.69, 9.17) is 9.15 Å². The Hall–Kier alpha value is -1.46. The van der Waals surface area contributed by atoms with Crippen LogP contribution in [-0.4, -0.2) is 17.2 Å². The van der Waals surface area contributed by atoms with Crippen molar-refractivity contribution >= 4 is 11.8 Å². The molecule has 0 unspecified atom stereocenters. The van der Waals surface area contributed by atoms with Crippen LogP contribution in [-0.2, 0) is 0 Å². The summed E-state index contributed by atoms with van der Waals surface area (Å²) in [4.78, 5) is 5.22. The highest BCUT2D eigenvalue weighted by molar-refractivity contribution is 7.99. The third kappa shape index (κ3) is 2.93. The molecule has 2 rings (SSSR count). The molecule has 0 bridgehead atoms. The number of hydrogen-bond donors (Lipinski definition) is 1. The number of aliphatic hydroxyl groups is 1. The second-order valence-electron chi connectivity index (χ2n) is 4.27. The fourth-order valence-electron chi connectivity index (χ4n) is 1.78. The minimum absolute atomic E-state index is 0.574. The number of methoxy groups -OCH3 is 1. The molecule has 0 spiro atoms. The smallest absolute Gasteiger partial charge is 0.261 e. The lowest BCUT2D eigenvalue weighted by Crippen LogP contribution is -1.98. The number of benzene rings is 1. The van der Waals surface area contributed by atoms with Crippen LogP contribution in [0, 0.1) is 13.8 Å². The molecule has 0 fully saturated rings. The van der Waals surface area contributed by atoms with Gasteiger partial charge in [-0.3, -0.25) is 0 Å². The molecule has 1 aromatic carbocycles. The summed E-state index contributed by atoms with van der Waals surface area (Å²) in [5, 5.41) is 10.5. The standard InChI is InChI=1S/C14H17NO3S/c1-8-10(3)18-14(15-8)19-12-7-5-6-11(17-4)13(12)9(2)16/h5-7,9,16H,1-4H3/t9-/m1/s1. The minimum atomic E-state index is -0.615. The van der Waals surface area contributed by atoms with Crippen LogP contribution in [0.2, 0.25) is 0 Å². The van der Waals surface area contributed by atoms with Gasteiger partial charge in [0.15, 0.2) is 0 Å². The zero-order valence-electron chi connectivity index (χ0n) is 11.4. The van der Waals surface area contributed by atoms with Gasteiger partial charge < -0.3 is 14.3 Å². The van der Waals surface area contributed by atoms with Crippen molar-refractivity contribution in [1.29, 1.82) is 0 Å². The van der Waals surface area contributed by atoms with E-state index in [0.29, 0.717) is 11.0 Å². The van der Waals surface area contributed by atoms with Crippen molar-refractivity contribution in [3.8, 4) is 5.75 Å². The molecule has 2 aromatic rings. The topological polar surface area (TPSA) is 55.5 Å². The Balaban J connectivity index is 2.39. The average molecular weight is 279 g/mol. The zero-order valence-corrected chi connectivity index (χ0v) is 12.2. The number of aromatic nitrogens is 1. The molecule has 1 heterocycles. The SMILES string of the molecule is COc1cccc(Sc2nc(C)c(C)o2)c1[C@@H](C)O.